The molecule has 3 N–H and O–H groups in total. The number of hydrogen-bond donors (Lipinski definition) is 3. The van der Waals surface area contributed by atoms with Gasteiger partial charge in [0.05, 0.1) is 19.8 Å². The molecule has 7 heteroatoms. The van der Waals surface area contributed by atoms with Gasteiger partial charge in [-0.1, -0.05) is 29.8 Å². The molecule has 0 fully saturated rings. The minimum atomic E-state index is -0.401. The van der Waals surface area contributed by atoms with Crippen LogP contribution in [0.15, 0.2) is 48.5 Å². The Bertz CT molecular complexity index is 768. The molecule has 0 saturated heterocycles. The van der Waals surface area contributed by atoms with Gasteiger partial charge in [-0.3, -0.25) is 9.59 Å². The first-order chi connectivity index (χ1) is 12.4. The number of halogens is 1. The van der Waals surface area contributed by atoms with Crippen LogP contribution >= 0.6 is 11.6 Å². The van der Waals surface area contributed by atoms with E-state index in [-0.39, 0.29) is 18.4 Å². The SMILES string of the molecule is COc1ccc(Cl)cc1NC(=O)C[NH+](C)[C@@H](C)C(=O)Nc1ccccc1. The van der Waals surface area contributed by atoms with Crippen LogP contribution in [0.25, 0.3) is 0 Å². The van der Waals surface area contributed by atoms with Crippen molar-refractivity contribution in [1.29, 1.82) is 0 Å². The van der Waals surface area contributed by atoms with E-state index < -0.39 is 6.04 Å². The molecular formula is C19H23ClN3O3+. The molecule has 2 rings (SSSR count). The molecule has 0 aromatic heterocycles. The van der Waals surface area contributed by atoms with Crippen LogP contribution in [-0.4, -0.2) is 38.6 Å². The summed E-state index contributed by atoms with van der Waals surface area (Å²) in [7, 11) is 3.32. The summed E-state index contributed by atoms with van der Waals surface area (Å²) in [4.78, 5) is 25.4. The average Bonchev–Trinajstić information content (AvgIpc) is 2.62. The number of methoxy groups -OCH3 is 1. The molecule has 6 nitrogen and oxygen atoms in total. The normalized spacial score (nSPS) is 12.8. The van der Waals surface area contributed by atoms with E-state index >= 15 is 0 Å². The van der Waals surface area contributed by atoms with Crippen LogP contribution in [0.4, 0.5) is 11.4 Å². The van der Waals surface area contributed by atoms with Crippen molar-refractivity contribution in [2.75, 3.05) is 31.3 Å². The van der Waals surface area contributed by atoms with E-state index in [2.05, 4.69) is 10.6 Å². The first-order valence-corrected chi connectivity index (χ1v) is 8.60. The molecule has 0 radical (unpaired) electrons. The van der Waals surface area contributed by atoms with Crippen LogP contribution in [0.5, 0.6) is 5.75 Å². The number of amides is 2. The van der Waals surface area contributed by atoms with Crippen LogP contribution < -0.4 is 20.3 Å². The largest absolute Gasteiger partial charge is 0.495 e. The molecule has 26 heavy (non-hydrogen) atoms. The second-order valence-corrected chi connectivity index (χ2v) is 6.43. The van der Waals surface area contributed by atoms with Crippen molar-refractivity contribution in [1.82, 2.24) is 0 Å². The lowest BCUT2D eigenvalue weighted by atomic mass is 10.2. The monoisotopic (exact) mass is 376 g/mol. The Kier molecular flexibility index (Phi) is 7.00. The van der Waals surface area contributed by atoms with Crippen molar-refractivity contribution in [2.24, 2.45) is 0 Å². The van der Waals surface area contributed by atoms with Crippen LogP contribution in [0.3, 0.4) is 0 Å². The molecule has 0 aliphatic heterocycles. The second kappa shape index (κ2) is 9.22. The third-order valence-corrected chi connectivity index (χ3v) is 4.28. The van der Waals surface area contributed by atoms with Gasteiger partial charge in [-0.05, 0) is 37.3 Å². The summed E-state index contributed by atoms with van der Waals surface area (Å²) in [6.45, 7) is 1.90. The number of anilines is 2. The molecule has 0 aliphatic carbocycles. The number of carbonyl (C=O) groups excluding carboxylic acids is 2. The Balaban J connectivity index is 1.93. The van der Waals surface area contributed by atoms with E-state index in [1.807, 2.05) is 30.3 Å². The van der Waals surface area contributed by atoms with Crippen molar-refractivity contribution < 1.29 is 19.2 Å². The molecule has 138 valence electrons. The topological polar surface area (TPSA) is 71.9 Å². The summed E-state index contributed by atoms with van der Waals surface area (Å²) < 4.78 is 5.21. The maximum atomic E-state index is 12.3. The zero-order valence-corrected chi connectivity index (χ0v) is 15.8. The summed E-state index contributed by atoms with van der Waals surface area (Å²) >= 11 is 5.97. The lowest BCUT2D eigenvalue weighted by Crippen LogP contribution is -3.14. The smallest absolute Gasteiger partial charge is 0.282 e. The summed E-state index contributed by atoms with van der Waals surface area (Å²) in [6.07, 6.45) is 0. The maximum Gasteiger partial charge on any atom is 0.282 e. The van der Waals surface area contributed by atoms with Crippen molar-refractivity contribution in [3.63, 3.8) is 0 Å². The Morgan fingerprint density at radius 2 is 1.85 bits per heavy atom. The highest BCUT2D eigenvalue weighted by Crippen LogP contribution is 2.27. The maximum absolute atomic E-state index is 12.3. The van der Waals surface area contributed by atoms with Crippen LogP contribution in [0.2, 0.25) is 5.02 Å². The fraction of sp³-hybridized carbons (Fsp3) is 0.263. The zero-order chi connectivity index (χ0) is 19.1. The summed E-state index contributed by atoms with van der Waals surface area (Å²) in [5.41, 5.74) is 1.23. The second-order valence-electron chi connectivity index (χ2n) is 5.99. The Hall–Kier alpha value is -2.57. The first kappa shape index (κ1) is 19.8. The number of benzene rings is 2. The van der Waals surface area contributed by atoms with E-state index in [1.54, 1.807) is 32.2 Å². The van der Waals surface area contributed by atoms with E-state index in [0.717, 1.165) is 10.6 Å². The van der Waals surface area contributed by atoms with E-state index in [1.165, 1.54) is 7.11 Å². The number of quaternary nitrogens is 1. The Morgan fingerprint density at radius 1 is 1.15 bits per heavy atom. The summed E-state index contributed by atoms with van der Waals surface area (Å²) in [5.74, 6) is 0.138. The van der Waals surface area contributed by atoms with Gasteiger partial charge in [0.2, 0.25) is 0 Å². The molecule has 2 amide bonds. The highest BCUT2D eigenvalue weighted by atomic mass is 35.5. The third kappa shape index (κ3) is 5.47. The number of para-hydroxylation sites is 1. The average molecular weight is 377 g/mol. The molecule has 2 atom stereocenters. The highest BCUT2D eigenvalue weighted by Gasteiger charge is 2.24. The number of carbonyl (C=O) groups is 2. The number of hydrogen-bond acceptors (Lipinski definition) is 3. The standard InChI is InChI=1S/C19H22ClN3O3/c1-13(19(25)21-15-7-5-4-6-8-15)23(2)12-18(24)22-16-11-14(20)9-10-17(16)26-3/h4-11,13H,12H2,1-3H3,(H,21,25)(H,22,24)/p+1/t13-/m0/s1. The van der Waals surface area contributed by atoms with Crippen molar-refractivity contribution in [3.8, 4) is 5.75 Å². The van der Waals surface area contributed by atoms with Gasteiger partial charge in [-0.25, -0.2) is 0 Å². The fourth-order valence-corrected chi connectivity index (χ4v) is 2.55. The van der Waals surface area contributed by atoms with Gasteiger partial charge in [-0.2, -0.15) is 0 Å². The molecule has 0 bridgehead atoms. The molecule has 2 aromatic rings. The Morgan fingerprint density at radius 3 is 2.50 bits per heavy atom. The number of likely N-dealkylation sites (N-methyl/N-ethyl adjacent to an activating group) is 1. The van der Waals surface area contributed by atoms with Gasteiger partial charge < -0.3 is 20.3 Å². The third-order valence-electron chi connectivity index (χ3n) is 4.05. The van der Waals surface area contributed by atoms with Crippen molar-refractivity contribution >= 4 is 34.8 Å². The Labute approximate surface area is 158 Å². The van der Waals surface area contributed by atoms with E-state index in [0.29, 0.717) is 16.5 Å². The van der Waals surface area contributed by atoms with Gasteiger partial charge in [0, 0.05) is 10.7 Å². The van der Waals surface area contributed by atoms with Crippen molar-refractivity contribution in [2.45, 2.75) is 13.0 Å². The minimum absolute atomic E-state index is 0.124. The van der Waals surface area contributed by atoms with E-state index in [9.17, 15) is 9.59 Å². The quantitative estimate of drug-likeness (QED) is 0.690. The molecular weight excluding hydrogens is 354 g/mol. The molecule has 0 saturated carbocycles. The van der Waals surface area contributed by atoms with E-state index in [4.69, 9.17) is 16.3 Å². The molecule has 1 unspecified atom stereocenters. The fourth-order valence-electron chi connectivity index (χ4n) is 2.37. The number of rotatable bonds is 7. The van der Waals surface area contributed by atoms with Gasteiger partial charge in [0.25, 0.3) is 11.8 Å². The van der Waals surface area contributed by atoms with Crippen molar-refractivity contribution in [3.05, 3.63) is 53.6 Å². The van der Waals surface area contributed by atoms with Crippen LogP contribution in [-0.2, 0) is 9.59 Å². The van der Waals surface area contributed by atoms with Crippen LogP contribution in [0, 0.1) is 0 Å². The number of nitrogens with one attached hydrogen (secondary N) is 3. The number of ether oxygens (including phenoxy) is 1. The highest BCUT2D eigenvalue weighted by molar-refractivity contribution is 6.31. The lowest BCUT2D eigenvalue weighted by Gasteiger charge is -2.21. The zero-order valence-electron chi connectivity index (χ0n) is 15.0. The predicted octanol–water partition coefficient (Wildman–Crippen LogP) is 1.83. The molecule has 0 spiro atoms. The first-order valence-electron chi connectivity index (χ1n) is 8.22. The summed E-state index contributed by atoms with van der Waals surface area (Å²) in [6, 6.07) is 13.8. The van der Waals surface area contributed by atoms with Crippen LogP contribution in [0.1, 0.15) is 6.92 Å². The predicted molar refractivity (Wildman–Crippen MR) is 103 cm³/mol. The molecule has 2 aromatic carbocycles. The minimum Gasteiger partial charge on any atom is -0.495 e. The lowest BCUT2D eigenvalue weighted by molar-refractivity contribution is -0.885. The van der Waals surface area contributed by atoms with Gasteiger partial charge in [-0.15, -0.1) is 0 Å². The van der Waals surface area contributed by atoms with Gasteiger partial charge in [0.1, 0.15) is 5.75 Å². The van der Waals surface area contributed by atoms with Gasteiger partial charge >= 0.3 is 0 Å². The van der Waals surface area contributed by atoms with Gasteiger partial charge in [0.15, 0.2) is 12.6 Å². The molecule has 0 aliphatic rings. The molecule has 0 heterocycles. The summed E-state index contributed by atoms with van der Waals surface area (Å²) in [5, 5.41) is 6.12.